The highest BCUT2D eigenvalue weighted by Crippen LogP contribution is 2.23. The van der Waals surface area contributed by atoms with E-state index in [0.717, 1.165) is 6.07 Å². The highest BCUT2D eigenvalue weighted by Gasteiger charge is 2.14. The van der Waals surface area contributed by atoms with Gasteiger partial charge in [-0.15, -0.1) is 0 Å². The lowest BCUT2D eigenvalue weighted by atomic mass is 10.0. The standard InChI is InChI=1S/C19H19FN4O3S/c1-13(12-24-8-2-7-22-24)23-19(25)16-9-15(10-17(20)11-16)14-3-5-18(6-4-14)28(21,26)27/h2-11,13H,12H2,1H3,(H,23,25)(H2,21,26,27). The number of nitrogens with one attached hydrogen (secondary N) is 1. The van der Waals surface area contributed by atoms with Crippen molar-refractivity contribution >= 4 is 15.9 Å². The molecule has 0 fully saturated rings. The van der Waals surface area contributed by atoms with Crippen molar-refractivity contribution in [2.75, 3.05) is 0 Å². The summed E-state index contributed by atoms with van der Waals surface area (Å²) in [6.45, 7) is 2.31. The smallest absolute Gasteiger partial charge is 0.251 e. The molecular formula is C19H19FN4O3S. The van der Waals surface area contributed by atoms with E-state index in [2.05, 4.69) is 10.4 Å². The SMILES string of the molecule is CC(Cn1cccn1)NC(=O)c1cc(F)cc(-c2ccc(S(N)(=O)=O)cc2)c1. The third-order valence-corrected chi connectivity index (χ3v) is 5.00. The van der Waals surface area contributed by atoms with Crippen LogP contribution in [0.5, 0.6) is 0 Å². The molecule has 0 aliphatic heterocycles. The van der Waals surface area contributed by atoms with Crippen molar-refractivity contribution in [1.82, 2.24) is 15.1 Å². The lowest BCUT2D eigenvalue weighted by Gasteiger charge is -2.14. The Morgan fingerprint density at radius 2 is 1.93 bits per heavy atom. The number of hydrogen-bond donors (Lipinski definition) is 2. The Labute approximate surface area is 162 Å². The second-order valence-electron chi connectivity index (χ2n) is 6.40. The number of hydrogen-bond acceptors (Lipinski definition) is 4. The molecule has 7 nitrogen and oxygen atoms in total. The summed E-state index contributed by atoms with van der Waals surface area (Å²) in [6, 6.07) is 11.2. The van der Waals surface area contributed by atoms with E-state index in [4.69, 9.17) is 5.14 Å². The highest BCUT2D eigenvalue weighted by atomic mass is 32.2. The van der Waals surface area contributed by atoms with E-state index in [0.29, 0.717) is 17.7 Å². The van der Waals surface area contributed by atoms with E-state index in [-0.39, 0.29) is 16.5 Å². The van der Waals surface area contributed by atoms with E-state index >= 15 is 0 Å². The molecule has 1 heterocycles. The Morgan fingerprint density at radius 1 is 1.21 bits per heavy atom. The predicted octanol–water partition coefficient (Wildman–Crippen LogP) is 2.16. The van der Waals surface area contributed by atoms with Gasteiger partial charge in [-0.25, -0.2) is 17.9 Å². The van der Waals surface area contributed by atoms with Crippen molar-refractivity contribution in [1.29, 1.82) is 0 Å². The number of rotatable bonds is 6. The van der Waals surface area contributed by atoms with Crippen LogP contribution in [-0.4, -0.2) is 30.1 Å². The van der Waals surface area contributed by atoms with Gasteiger partial charge in [0, 0.05) is 24.0 Å². The summed E-state index contributed by atoms with van der Waals surface area (Å²) in [5.41, 5.74) is 1.18. The summed E-state index contributed by atoms with van der Waals surface area (Å²) in [7, 11) is -3.81. The van der Waals surface area contributed by atoms with Crippen LogP contribution < -0.4 is 10.5 Å². The molecule has 0 saturated heterocycles. The van der Waals surface area contributed by atoms with Gasteiger partial charge in [0.25, 0.3) is 5.91 Å². The molecular weight excluding hydrogens is 383 g/mol. The Balaban J connectivity index is 1.80. The zero-order valence-corrected chi connectivity index (χ0v) is 15.9. The van der Waals surface area contributed by atoms with Gasteiger partial charge in [-0.1, -0.05) is 12.1 Å². The molecule has 0 saturated carbocycles. The fraction of sp³-hybridized carbons (Fsp3) is 0.158. The molecule has 1 unspecified atom stereocenters. The third-order valence-electron chi connectivity index (χ3n) is 4.07. The van der Waals surface area contributed by atoms with Gasteiger partial charge in [0.05, 0.1) is 11.4 Å². The van der Waals surface area contributed by atoms with Gasteiger partial charge in [0.2, 0.25) is 10.0 Å². The first kappa shape index (κ1) is 19.7. The van der Waals surface area contributed by atoms with Crippen molar-refractivity contribution in [3.63, 3.8) is 0 Å². The maximum atomic E-state index is 14.1. The molecule has 1 aromatic heterocycles. The zero-order valence-electron chi connectivity index (χ0n) is 15.0. The highest BCUT2D eigenvalue weighted by molar-refractivity contribution is 7.89. The molecule has 0 spiro atoms. The Hall–Kier alpha value is -3.04. The summed E-state index contributed by atoms with van der Waals surface area (Å²) in [5.74, 6) is -0.987. The average Bonchev–Trinajstić information content (AvgIpc) is 3.13. The molecule has 0 aliphatic rings. The molecule has 146 valence electrons. The Kier molecular flexibility index (Phi) is 5.57. The van der Waals surface area contributed by atoms with Crippen molar-refractivity contribution < 1.29 is 17.6 Å². The van der Waals surface area contributed by atoms with Crippen LogP contribution in [0.25, 0.3) is 11.1 Å². The molecule has 28 heavy (non-hydrogen) atoms. The number of halogens is 1. The number of amides is 1. The lowest BCUT2D eigenvalue weighted by molar-refractivity contribution is 0.0935. The molecule has 1 amide bonds. The van der Waals surface area contributed by atoms with E-state index in [9.17, 15) is 17.6 Å². The maximum Gasteiger partial charge on any atom is 0.251 e. The minimum atomic E-state index is -3.81. The summed E-state index contributed by atoms with van der Waals surface area (Å²) >= 11 is 0. The predicted molar refractivity (Wildman–Crippen MR) is 102 cm³/mol. The lowest BCUT2D eigenvalue weighted by Crippen LogP contribution is -2.35. The van der Waals surface area contributed by atoms with E-state index in [1.807, 2.05) is 6.92 Å². The molecule has 9 heteroatoms. The second-order valence-corrected chi connectivity index (χ2v) is 7.96. The van der Waals surface area contributed by atoms with E-state index < -0.39 is 21.7 Å². The quantitative estimate of drug-likeness (QED) is 0.659. The summed E-state index contributed by atoms with van der Waals surface area (Å²) in [6.07, 6.45) is 3.43. The second kappa shape index (κ2) is 7.91. The molecule has 3 N–H and O–H groups in total. The van der Waals surface area contributed by atoms with E-state index in [1.165, 1.54) is 30.3 Å². The van der Waals surface area contributed by atoms with Gasteiger partial charge in [0.15, 0.2) is 0 Å². The first-order valence-electron chi connectivity index (χ1n) is 8.44. The molecule has 3 aromatic rings. The van der Waals surface area contributed by atoms with Crippen LogP contribution in [0, 0.1) is 5.82 Å². The first-order valence-corrected chi connectivity index (χ1v) is 9.99. The van der Waals surface area contributed by atoms with Crippen LogP contribution in [0.4, 0.5) is 4.39 Å². The number of nitrogens with two attached hydrogens (primary N) is 1. The van der Waals surface area contributed by atoms with Crippen LogP contribution in [0.1, 0.15) is 17.3 Å². The summed E-state index contributed by atoms with van der Waals surface area (Å²) in [5, 5.41) is 12.0. The number of sulfonamides is 1. The molecule has 0 radical (unpaired) electrons. The normalized spacial score (nSPS) is 12.5. The third kappa shape index (κ3) is 4.81. The largest absolute Gasteiger partial charge is 0.348 e. The number of aromatic nitrogens is 2. The molecule has 1 atom stereocenters. The minimum Gasteiger partial charge on any atom is -0.348 e. The van der Waals surface area contributed by atoms with Gasteiger partial charge in [0.1, 0.15) is 5.82 Å². The minimum absolute atomic E-state index is 0.0435. The first-order chi connectivity index (χ1) is 13.2. The van der Waals surface area contributed by atoms with Gasteiger partial charge in [-0.2, -0.15) is 5.10 Å². The Morgan fingerprint density at radius 3 is 2.54 bits per heavy atom. The van der Waals surface area contributed by atoms with Crippen molar-refractivity contribution in [3.8, 4) is 11.1 Å². The van der Waals surface area contributed by atoms with Gasteiger partial charge < -0.3 is 5.32 Å². The monoisotopic (exact) mass is 402 g/mol. The van der Waals surface area contributed by atoms with Crippen LogP contribution >= 0.6 is 0 Å². The summed E-state index contributed by atoms with van der Waals surface area (Å²) < 4.78 is 38.5. The molecule has 0 aliphatic carbocycles. The number of primary sulfonamides is 1. The molecule has 3 rings (SSSR count). The molecule has 0 bridgehead atoms. The number of carbonyl (C=O) groups excluding carboxylic acids is 1. The van der Waals surface area contributed by atoms with Crippen molar-refractivity contribution in [3.05, 3.63) is 72.3 Å². The molecule has 2 aromatic carbocycles. The van der Waals surface area contributed by atoms with Gasteiger partial charge in [-0.05, 0) is 54.4 Å². The van der Waals surface area contributed by atoms with Crippen LogP contribution in [0.15, 0.2) is 65.8 Å². The summed E-state index contributed by atoms with van der Waals surface area (Å²) in [4.78, 5) is 12.5. The number of carbonyl (C=O) groups is 1. The van der Waals surface area contributed by atoms with Crippen LogP contribution in [0.3, 0.4) is 0 Å². The fourth-order valence-corrected chi connectivity index (χ4v) is 3.28. The zero-order chi connectivity index (χ0) is 20.3. The van der Waals surface area contributed by atoms with Gasteiger partial charge in [-0.3, -0.25) is 9.48 Å². The average molecular weight is 402 g/mol. The van der Waals surface area contributed by atoms with Gasteiger partial charge >= 0.3 is 0 Å². The number of nitrogens with zero attached hydrogens (tertiary/aromatic N) is 2. The maximum absolute atomic E-state index is 14.1. The number of benzene rings is 2. The van der Waals surface area contributed by atoms with Crippen molar-refractivity contribution in [2.45, 2.75) is 24.4 Å². The topological polar surface area (TPSA) is 107 Å². The fourth-order valence-electron chi connectivity index (χ4n) is 2.77. The van der Waals surface area contributed by atoms with Crippen molar-refractivity contribution in [2.24, 2.45) is 5.14 Å². The Bertz CT molecular complexity index is 1080. The van der Waals surface area contributed by atoms with Crippen LogP contribution in [-0.2, 0) is 16.6 Å². The van der Waals surface area contributed by atoms with Crippen LogP contribution in [0.2, 0.25) is 0 Å². The van der Waals surface area contributed by atoms with E-state index in [1.54, 1.807) is 29.2 Å².